The van der Waals surface area contributed by atoms with Gasteiger partial charge in [-0.2, -0.15) is 5.10 Å². The molecule has 1 aliphatic rings. The van der Waals surface area contributed by atoms with E-state index in [-0.39, 0.29) is 18.3 Å². The second-order valence-corrected chi connectivity index (χ2v) is 9.01. The van der Waals surface area contributed by atoms with Gasteiger partial charge in [-0.15, -0.1) is 0 Å². The fourth-order valence-corrected chi connectivity index (χ4v) is 4.27. The number of anilines is 1. The van der Waals surface area contributed by atoms with Gasteiger partial charge in [0, 0.05) is 28.5 Å². The molecule has 2 N–H and O–H groups in total. The molecule has 1 aromatic heterocycles. The van der Waals surface area contributed by atoms with Gasteiger partial charge in [0.05, 0.1) is 5.69 Å². The van der Waals surface area contributed by atoms with Crippen LogP contribution in [0, 0.1) is 5.82 Å². The summed E-state index contributed by atoms with van der Waals surface area (Å²) in [4.78, 5) is 14.4. The average Bonchev–Trinajstić information content (AvgIpc) is 3.43. The van der Waals surface area contributed by atoms with E-state index in [1.165, 1.54) is 12.1 Å². The molecule has 4 aromatic rings. The summed E-state index contributed by atoms with van der Waals surface area (Å²) in [6.45, 7) is 0.460. The first-order valence-corrected chi connectivity index (χ1v) is 11.6. The highest BCUT2D eigenvalue weighted by molar-refractivity contribution is 9.10. The predicted octanol–water partition coefficient (Wildman–Crippen LogP) is 5.12. The molecule has 1 aliphatic heterocycles. The monoisotopic (exact) mass is 520 g/mol. The third kappa shape index (κ3) is 4.60. The number of aromatic nitrogens is 2. The lowest BCUT2D eigenvalue weighted by molar-refractivity contribution is -0.128. The van der Waals surface area contributed by atoms with Crippen LogP contribution in [0.1, 0.15) is 17.5 Å². The van der Waals surface area contributed by atoms with Gasteiger partial charge in [-0.25, -0.2) is 9.07 Å². The Kier molecular flexibility index (Phi) is 6.17. The number of nitrogen functional groups attached to an aromatic ring is 1. The summed E-state index contributed by atoms with van der Waals surface area (Å²) < 4.78 is 22.2. The zero-order chi connectivity index (χ0) is 23.7. The number of ether oxygens (including phenoxy) is 1. The van der Waals surface area contributed by atoms with Crippen molar-refractivity contribution in [2.24, 2.45) is 0 Å². The molecule has 1 amide bonds. The molecule has 6 nitrogen and oxygen atoms in total. The van der Waals surface area contributed by atoms with Gasteiger partial charge in [-0.1, -0.05) is 40.2 Å². The molecule has 1 atom stereocenters. The van der Waals surface area contributed by atoms with Crippen molar-refractivity contribution >= 4 is 27.5 Å². The van der Waals surface area contributed by atoms with Crippen LogP contribution < -0.4 is 5.73 Å². The van der Waals surface area contributed by atoms with Gasteiger partial charge < -0.3 is 15.4 Å². The fraction of sp³-hybridized carbons (Fsp3) is 0.154. The third-order valence-electron chi connectivity index (χ3n) is 5.81. The van der Waals surface area contributed by atoms with E-state index in [2.05, 4.69) is 15.9 Å². The first kappa shape index (κ1) is 22.3. The molecule has 5 rings (SSSR count). The van der Waals surface area contributed by atoms with E-state index >= 15 is 0 Å². The Hall–Kier alpha value is -3.49. The maximum absolute atomic E-state index is 13.6. The maximum atomic E-state index is 13.6. The number of halogens is 2. The number of carbonyl (C=O) groups excluding carboxylic acids is 1. The van der Waals surface area contributed by atoms with Crippen molar-refractivity contribution in [3.8, 4) is 16.8 Å². The van der Waals surface area contributed by atoms with E-state index in [9.17, 15) is 9.18 Å². The van der Waals surface area contributed by atoms with Crippen molar-refractivity contribution in [2.45, 2.75) is 12.6 Å². The SMILES string of the molecule is Nc1ccc(CCN2C(=O)CO[C@@H]2c2nn(-c3ccc(Br)cc3)cc2-c2ccc(F)cc2)cc1. The van der Waals surface area contributed by atoms with E-state index in [0.29, 0.717) is 24.3 Å². The van der Waals surface area contributed by atoms with Gasteiger partial charge in [0.2, 0.25) is 0 Å². The van der Waals surface area contributed by atoms with Crippen LogP contribution in [0.5, 0.6) is 0 Å². The molecule has 1 saturated heterocycles. The highest BCUT2D eigenvalue weighted by Crippen LogP contribution is 2.35. The number of nitrogens with zero attached hydrogens (tertiary/aromatic N) is 3. The Morgan fingerprint density at radius 3 is 2.44 bits per heavy atom. The largest absolute Gasteiger partial charge is 0.399 e. The standard InChI is InChI=1S/C26H22BrFN4O2/c27-19-5-11-22(12-6-19)32-15-23(18-3-7-20(28)8-4-18)25(30-32)26-31(24(33)16-34-26)14-13-17-1-9-21(29)10-2-17/h1-12,15,26H,13-14,16,29H2/t26-/m1/s1. The third-order valence-corrected chi connectivity index (χ3v) is 6.34. The topological polar surface area (TPSA) is 73.4 Å². The lowest BCUT2D eigenvalue weighted by Crippen LogP contribution is -2.31. The van der Waals surface area contributed by atoms with Gasteiger partial charge in [0.1, 0.15) is 18.1 Å². The summed E-state index contributed by atoms with van der Waals surface area (Å²) in [7, 11) is 0. The molecule has 0 unspecified atom stereocenters. The quantitative estimate of drug-likeness (QED) is 0.358. The second kappa shape index (κ2) is 9.40. The highest BCUT2D eigenvalue weighted by atomic mass is 79.9. The van der Waals surface area contributed by atoms with Crippen LogP contribution >= 0.6 is 15.9 Å². The number of hydrogen-bond donors (Lipinski definition) is 1. The summed E-state index contributed by atoms with van der Waals surface area (Å²) in [5.41, 5.74) is 10.6. The summed E-state index contributed by atoms with van der Waals surface area (Å²) >= 11 is 3.45. The number of carbonyl (C=O) groups is 1. The molecule has 0 spiro atoms. The first-order valence-electron chi connectivity index (χ1n) is 10.8. The molecule has 0 saturated carbocycles. The second-order valence-electron chi connectivity index (χ2n) is 8.10. The molecule has 3 aromatic carbocycles. The van der Waals surface area contributed by atoms with E-state index in [0.717, 1.165) is 26.9 Å². The summed E-state index contributed by atoms with van der Waals surface area (Å²) in [6, 6.07) is 21.6. The van der Waals surface area contributed by atoms with Crippen LogP contribution in [-0.4, -0.2) is 33.7 Å². The van der Waals surface area contributed by atoms with Crippen LogP contribution in [0.15, 0.2) is 83.5 Å². The van der Waals surface area contributed by atoms with Crippen LogP contribution in [0.25, 0.3) is 16.8 Å². The maximum Gasteiger partial charge on any atom is 0.251 e. The zero-order valence-electron chi connectivity index (χ0n) is 18.2. The number of benzene rings is 3. The summed E-state index contributed by atoms with van der Waals surface area (Å²) in [5.74, 6) is -0.410. The number of hydrogen-bond acceptors (Lipinski definition) is 4. The van der Waals surface area contributed by atoms with E-state index in [1.807, 2.05) is 54.7 Å². The van der Waals surface area contributed by atoms with E-state index < -0.39 is 6.23 Å². The molecule has 0 bridgehead atoms. The minimum absolute atomic E-state index is 0.0135. The molecule has 34 heavy (non-hydrogen) atoms. The Bertz CT molecular complexity index is 1300. The molecule has 1 fully saturated rings. The minimum Gasteiger partial charge on any atom is -0.399 e. The Balaban J connectivity index is 1.50. The van der Waals surface area contributed by atoms with Gasteiger partial charge in [0.15, 0.2) is 6.23 Å². The van der Waals surface area contributed by atoms with Gasteiger partial charge in [-0.05, 0) is 66.1 Å². The molecule has 8 heteroatoms. The minimum atomic E-state index is -0.641. The van der Waals surface area contributed by atoms with Crippen LogP contribution in [-0.2, 0) is 16.0 Å². The molecule has 0 radical (unpaired) electrons. The number of amides is 1. The molecule has 2 heterocycles. The Morgan fingerprint density at radius 2 is 1.74 bits per heavy atom. The number of nitrogens with two attached hydrogens (primary N) is 1. The van der Waals surface area contributed by atoms with Crippen LogP contribution in [0.3, 0.4) is 0 Å². The smallest absolute Gasteiger partial charge is 0.251 e. The molecular weight excluding hydrogens is 499 g/mol. The summed E-state index contributed by atoms with van der Waals surface area (Å²) in [6.07, 6.45) is 1.90. The number of rotatable bonds is 6. The lowest BCUT2D eigenvalue weighted by Gasteiger charge is -2.23. The molecular formula is C26H22BrFN4O2. The average molecular weight is 521 g/mol. The normalized spacial score (nSPS) is 15.8. The van der Waals surface area contributed by atoms with Crippen molar-refractivity contribution in [2.75, 3.05) is 18.9 Å². The van der Waals surface area contributed by atoms with Gasteiger partial charge >= 0.3 is 0 Å². The van der Waals surface area contributed by atoms with Crippen molar-refractivity contribution in [1.82, 2.24) is 14.7 Å². The van der Waals surface area contributed by atoms with Crippen LogP contribution in [0.2, 0.25) is 0 Å². The van der Waals surface area contributed by atoms with E-state index in [4.69, 9.17) is 15.6 Å². The van der Waals surface area contributed by atoms with Gasteiger partial charge in [-0.3, -0.25) is 4.79 Å². The Labute approximate surface area is 204 Å². The van der Waals surface area contributed by atoms with Crippen molar-refractivity contribution in [3.63, 3.8) is 0 Å². The zero-order valence-corrected chi connectivity index (χ0v) is 19.8. The fourth-order valence-electron chi connectivity index (χ4n) is 4.00. The molecule has 172 valence electrons. The van der Waals surface area contributed by atoms with Gasteiger partial charge in [0.25, 0.3) is 5.91 Å². The lowest BCUT2D eigenvalue weighted by atomic mass is 10.1. The van der Waals surface area contributed by atoms with E-state index in [1.54, 1.807) is 21.7 Å². The predicted molar refractivity (Wildman–Crippen MR) is 132 cm³/mol. The Morgan fingerprint density at radius 1 is 1.03 bits per heavy atom. The first-order chi connectivity index (χ1) is 16.5. The van der Waals surface area contributed by atoms with Crippen molar-refractivity contribution in [3.05, 3.63) is 101 Å². The van der Waals surface area contributed by atoms with Crippen molar-refractivity contribution in [1.29, 1.82) is 0 Å². The molecule has 0 aliphatic carbocycles. The van der Waals surface area contributed by atoms with Crippen LogP contribution in [0.4, 0.5) is 10.1 Å². The highest BCUT2D eigenvalue weighted by Gasteiger charge is 2.36. The van der Waals surface area contributed by atoms with Crippen molar-refractivity contribution < 1.29 is 13.9 Å². The summed E-state index contributed by atoms with van der Waals surface area (Å²) in [5, 5.41) is 4.81.